The van der Waals surface area contributed by atoms with Crippen LogP contribution in [0.5, 0.6) is 0 Å². The Labute approximate surface area is 168 Å². The molecule has 2 saturated heterocycles. The molecule has 0 bridgehead atoms. The van der Waals surface area contributed by atoms with Crippen molar-refractivity contribution in [1.29, 1.82) is 0 Å². The molecule has 0 atom stereocenters. The van der Waals surface area contributed by atoms with Crippen LogP contribution in [0.15, 0.2) is 24.3 Å². The minimum Gasteiger partial charge on any atom is -0.342 e. The van der Waals surface area contributed by atoms with Crippen LogP contribution in [0.4, 0.5) is 0 Å². The number of fused-ring (bicyclic) bond motifs is 1. The second-order valence-corrected chi connectivity index (χ2v) is 8.68. The number of rotatable bonds is 3. The van der Waals surface area contributed by atoms with Gasteiger partial charge in [-0.05, 0) is 25.3 Å². The molecule has 1 aromatic heterocycles. The molecule has 2 aromatic rings. The highest BCUT2D eigenvalue weighted by Gasteiger charge is 2.26. The molecule has 0 spiro atoms. The Morgan fingerprint density at radius 2 is 1.67 bits per heavy atom. The number of hydrogen-bond donors (Lipinski definition) is 0. The molecule has 144 valence electrons. The second-order valence-electron chi connectivity index (χ2n) is 7.25. The quantitative estimate of drug-likeness (QED) is 0.786. The van der Waals surface area contributed by atoms with Gasteiger partial charge in [0, 0.05) is 49.4 Å². The smallest absolute Gasteiger partial charge is 0.265 e. The second kappa shape index (κ2) is 8.17. The maximum absolute atomic E-state index is 13.0. The van der Waals surface area contributed by atoms with E-state index in [1.54, 1.807) is 0 Å². The maximum Gasteiger partial charge on any atom is 0.265 e. The number of likely N-dealkylation sites (tertiary alicyclic amines) is 1. The average molecular weight is 406 g/mol. The molecule has 2 fully saturated rings. The van der Waals surface area contributed by atoms with Gasteiger partial charge in [0.2, 0.25) is 5.91 Å². The van der Waals surface area contributed by atoms with E-state index in [1.165, 1.54) is 11.3 Å². The Hall–Kier alpha value is -1.63. The van der Waals surface area contributed by atoms with Gasteiger partial charge < -0.3 is 9.80 Å². The van der Waals surface area contributed by atoms with Crippen molar-refractivity contribution < 1.29 is 9.59 Å². The van der Waals surface area contributed by atoms with Gasteiger partial charge in [-0.3, -0.25) is 14.5 Å². The number of benzene rings is 1. The summed E-state index contributed by atoms with van der Waals surface area (Å²) in [7, 11) is 0. The third-order valence-corrected chi connectivity index (χ3v) is 7.09. The Balaban J connectivity index is 1.40. The highest BCUT2D eigenvalue weighted by molar-refractivity contribution is 7.21. The summed E-state index contributed by atoms with van der Waals surface area (Å²) >= 11 is 7.95. The molecule has 0 N–H and O–H groups in total. The van der Waals surface area contributed by atoms with Crippen LogP contribution in [0.1, 0.15) is 28.9 Å². The third-order valence-electron chi connectivity index (χ3n) is 5.42. The van der Waals surface area contributed by atoms with E-state index in [-0.39, 0.29) is 11.8 Å². The summed E-state index contributed by atoms with van der Waals surface area (Å²) in [5.74, 6) is 0.230. The minimum absolute atomic E-state index is 0.00826. The van der Waals surface area contributed by atoms with E-state index in [2.05, 4.69) is 4.90 Å². The van der Waals surface area contributed by atoms with Gasteiger partial charge in [-0.25, -0.2) is 0 Å². The highest BCUT2D eigenvalue weighted by atomic mass is 35.5. The normalized spacial score (nSPS) is 18.9. The lowest BCUT2D eigenvalue weighted by molar-refractivity contribution is -0.131. The first-order valence-corrected chi connectivity index (χ1v) is 10.8. The van der Waals surface area contributed by atoms with E-state index in [9.17, 15) is 9.59 Å². The third kappa shape index (κ3) is 3.98. The van der Waals surface area contributed by atoms with E-state index in [0.29, 0.717) is 29.5 Å². The fraction of sp³-hybridized carbons (Fsp3) is 0.500. The molecule has 7 heteroatoms. The van der Waals surface area contributed by atoms with Crippen LogP contribution >= 0.6 is 22.9 Å². The predicted octanol–water partition coefficient (Wildman–Crippen LogP) is 3.33. The van der Waals surface area contributed by atoms with Crippen LogP contribution in [0.2, 0.25) is 5.02 Å². The first-order valence-electron chi connectivity index (χ1n) is 9.60. The van der Waals surface area contributed by atoms with Gasteiger partial charge in [0.05, 0.1) is 11.6 Å². The molecule has 0 aliphatic carbocycles. The molecule has 2 amide bonds. The monoisotopic (exact) mass is 405 g/mol. The Morgan fingerprint density at radius 1 is 0.926 bits per heavy atom. The molecule has 0 radical (unpaired) electrons. The van der Waals surface area contributed by atoms with Crippen molar-refractivity contribution >= 4 is 44.8 Å². The van der Waals surface area contributed by atoms with Crippen molar-refractivity contribution in [2.75, 3.05) is 45.8 Å². The van der Waals surface area contributed by atoms with Crippen molar-refractivity contribution in [1.82, 2.24) is 14.7 Å². The molecule has 27 heavy (non-hydrogen) atoms. The Morgan fingerprint density at radius 3 is 2.44 bits per heavy atom. The van der Waals surface area contributed by atoms with Gasteiger partial charge in [0.25, 0.3) is 5.91 Å². The molecule has 4 rings (SSSR count). The summed E-state index contributed by atoms with van der Waals surface area (Å²) in [5.41, 5.74) is 0. The van der Waals surface area contributed by atoms with Crippen molar-refractivity contribution in [3.63, 3.8) is 0 Å². The van der Waals surface area contributed by atoms with Crippen LogP contribution in [0.3, 0.4) is 0 Å². The number of nitrogens with zero attached hydrogens (tertiary/aromatic N) is 3. The summed E-state index contributed by atoms with van der Waals surface area (Å²) < 4.78 is 1.04. The number of thiophene rings is 1. The van der Waals surface area contributed by atoms with Gasteiger partial charge in [-0.2, -0.15) is 0 Å². The topological polar surface area (TPSA) is 43.9 Å². The fourth-order valence-electron chi connectivity index (χ4n) is 3.89. The molecule has 2 aliphatic rings. The molecule has 2 aliphatic heterocycles. The van der Waals surface area contributed by atoms with Crippen LogP contribution in [-0.2, 0) is 4.79 Å². The van der Waals surface area contributed by atoms with Crippen molar-refractivity contribution in [3.8, 4) is 0 Å². The highest BCUT2D eigenvalue weighted by Crippen LogP contribution is 2.36. The van der Waals surface area contributed by atoms with E-state index in [1.807, 2.05) is 34.1 Å². The van der Waals surface area contributed by atoms with Crippen molar-refractivity contribution in [2.24, 2.45) is 0 Å². The molecular formula is C20H24ClN3O2S. The van der Waals surface area contributed by atoms with E-state index >= 15 is 0 Å². The zero-order valence-electron chi connectivity index (χ0n) is 15.3. The first kappa shape index (κ1) is 18.7. The van der Waals surface area contributed by atoms with Gasteiger partial charge in [0.15, 0.2) is 0 Å². The summed E-state index contributed by atoms with van der Waals surface area (Å²) in [6.07, 6.45) is 3.11. The van der Waals surface area contributed by atoms with Gasteiger partial charge in [-0.15, -0.1) is 11.3 Å². The Kier molecular flexibility index (Phi) is 5.66. The van der Waals surface area contributed by atoms with Crippen molar-refractivity contribution in [2.45, 2.75) is 19.3 Å². The summed E-state index contributed by atoms with van der Waals surface area (Å²) in [5, 5.41) is 1.51. The Bertz CT molecular complexity index is 847. The molecule has 5 nitrogen and oxygen atoms in total. The van der Waals surface area contributed by atoms with Crippen LogP contribution in [0.25, 0.3) is 10.1 Å². The average Bonchev–Trinajstić information content (AvgIpc) is 3.26. The summed E-state index contributed by atoms with van der Waals surface area (Å²) in [4.78, 5) is 32.1. The lowest BCUT2D eigenvalue weighted by Crippen LogP contribution is -2.41. The number of amides is 2. The lowest BCUT2D eigenvalue weighted by Gasteiger charge is -2.23. The van der Waals surface area contributed by atoms with Crippen molar-refractivity contribution in [3.05, 3.63) is 34.2 Å². The minimum atomic E-state index is 0.00826. The number of halogens is 1. The number of carbonyl (C=O) groups excluding carboxylic acids is 2. The van der Waals surface area contributed by atoms with Gasteiger partial charge in [0.1, 0.15) is 4.88 Å². The number of hydrogen-bond acceptors (Lipinski definition) is 4. The summed E-state index contributed by atoms with van der Waals surface area (Å²) in [6.45, 7) is 5.17. The zero-order valence-corrected chi connectivity index (χ0v) is 16.9. The van der Waals surface area contributed by atoms with Crippen LogP contribution in [0, 0.1) is 0 Å². The largest absolute Gasteiger partial charge is 0.342 e. The standard InChI is InChI=1S/C20H24ClN3O2S/c21-18-15-6-1-2-7-16(15)27-19(18)20(26)24-11-5-8-22(12-13-24)14-17(25)23-9-3-4-10-23/h1-2,6-7H,3-5,8-14H2. The van der Waals surface area contributed by atoms with Crippen LogP contribution < -0.4 is 0 Å². The zero-order chi connectivity index (χ0) is 18.8. The molecule has 1 aromatic carbocycles. The van der Waals surface area contributed by atoms with E-state index < -0.39 is 0 Å². The maximum atomic E-state index is 13.0. The van der Waals surface area contributed by atoms with Crippen LogP contribution in [-0.4, -0.2) is 72.3 Å². The first-order chi connectivity index (χ1) is 13.1. The fourth-order valence-corrected chi connectivity index (χ4v) is 5.37. The van der Waals surface area contributed by atoms with E-state index in [4.69, 9.17) is 11.6 Å². The SMILES string of the molecule is O=C(CN1CCCN(C(=O)c2sc3ccccc3c2Cl)CC1)N1CCCC1. The predicted molar refractivity (Wildman–Crippen MR) is 110 cm³/mol. The molecule has 0 saturated carbocycles. The molecule has 0 unspecified atom stereocenters. The van der Waals surface area contributed by atoms with Gasteiger partial charge >= 0.3 is 0 Å². The lowest BCUT2D eigenvalue weighted by atomic mass is 10.2. The van der Waals surface area contributed by atoms with Gasteiger partial charge in [-0.1, -0.05) is 29.8 Å². The molecule has 3 heterocycles. The van der Waals surface area contributed by atoms with E-state index in [0.717, 1.165) is 55.5 Å². The number of carbonyl (C=O) groups is 2. The summed E-state index contributed by atoms with van der Waals surface area (Å²) in [6, 6.07) is 7.86. The molecular weight excluding hydrogens is 382 g/mol.